The summed E-state index contributed by atoms with van der Waals surface area (Å²) in [5.74, 6) is 0.0930. The fourth-order valence-corrected chi connectivity index (χ4v) is 5.60. The summed E-state index contributed by atoms with van der Waals surface area (Å²) in [6.45, 7) is 12.9. The van der Waals surface area contributed by atoms with Crippen molar-refractivity contribution in [1.29, 1.82) is 0 Å². The van der Waals surface area contributed by atoms with Gasteiger partial charge in [0.25, 0.3) is 17.2 Å². The summed E-state index contributed by atoms with van der Waals surface area (Å²) in [5, 5.41) is 0. The van der Waals surface area contributed by atoms with E-state index in [0.717, 1.165) is 12.0 Å². The predicted molar refractivity (Wildman–Crippen MR) is 151 cm³/mol. The van der Waals surface area contributed by atoms with E-state index in [4.69, 9.17) is 15.5 Å². The van der Waals surface area contributed by atoms with Crippen molar-refractivity contribution in [3.63, 3.8) is 0 Å². The van der Waals surface area contributed by atoms with E-state index in [-0.39, 0.29) is 22.7 Å². The van der Waals surface area contributed by atoms with Gasteiger partial charge in [0, 0.05) is 24.8 Å². The molecule has 0 bridgehead atoms. The van der Waals surface area contributed by atoms with Crippen molar-refractivity contribution in [1.82, 2.24) is 14.9 Å². The van der Waals surface area contributed by atoms with Crippen LogP contribution in [0.4, 0.5) is 22.2 Å². The van der Waals surface area contributed by atoms with Gasteiger partial charge in [-0.15, -0.1) is 0 Å². The number of pyridine rings is 2. The number of nitrogen functional groups attached to an aromatic ring is 1. The van der Waals surface area contributed by atoms with E-state index >= 15 is 0 Å². The van der Waals surface area contributed by atoms with Crippen molar-refractivity contribution in [2.24, 2.45) is 5.92 Å². The number of amides is 2. The Balaban J connectivity index is 1.77. The Hall–Kier alpha value is -3.51. The highest BCUT2D eigenvalue weighted by Gasteiger charge is 2.40. The Morgan fingerprint density at radius 3 is 2.51 bits per heavy atom. The summed E-state index contributed by atoms with van der Waals surface area (Å²) < 4.78 is 28.6. The van der Waals surface area contributed by atoms with Crippen LogP contribution in [0.2, 0.25) is 0 Å². The Labute approximate surface area is 231 Å². The first-order chi connectivity index (χ1) is 18.2. The number of aromatic nitrogens is 2. The molecule has 0 aromatic carbocycles. The third-order valence-electron chi connectivity index (χ3n) is 6.63. The van der Waals surface area contributed by atoms with Gasteiger partial charge in [0.15, 0.2) is 5.82 Å². The van der Waals surface area contributed by atoms with Crippen molar-refractivity contribution in [2.75, 3.05) is 28.0 Å². The van der Waals surface area contributed by atoms with Gasteiger partial charge in [-0.05, 0) is 83.2 Å². The van der Waals surface area contributed by atoms with Gasteiger partial charge in [-0.25, -0.2) is 19.0 Å². The molecule has 12 heteroatoms. The van der Waals surface area contributed by atoms with Gasteiger partial charge < -0.3 is 15.4 Å². The number of ether oxygens (including phenoxy) is 1. The average molecular weight is 557 g/mol. The molecule has 3 N–H and O–H groups in total. The molecule has 0 aliphatic carbocycles. The summed E-state index contributed by atoms with van der Waals surface area (Å²) in [7, 11) is 0. The molecule has 0 saturated carbocycles. The van der Waals surface area contributed by atoms with E-state index in [0.29, 0.717) is 41.2 Å². The lowest BCUT2D eigenvalue weighted by molar-refractivity contribution is 0.0349. The molecule has 0 radical (unpaired) electrons. The first kappa shape index (κ1) is 28.5. The van der Waals surface area contributed by atoms with Crippen molar-refractivity contribution in [3.8, 4) is 0 Å². The van der Waals surface area contributed by atoms with Crippen LogP contribution in [0.25, 0.3) is 5.57 Å². The molecule has 11 nitrogen and oxygen atoms in total. The predicted octanol–water partition coefficient (Wildman–Crippen LogP) is 4.45. The van der Waals surface area contributed by atoms with Crippen molar-refractivity contribution in [3.05, 3.63) is 47.8 Å². The standard InChI is InChI=1S/C27H36N6O5S/c1-17-14-27(5,6)32(15-17)23-19(24(34)33(39(36)37)22-9-7-8-21(28)30-22)10-11-20(29-23)18-12-13-31(16-18)25(35)38-26(2,3)4/h7-11,16-17H,12-15H2,1-6H3,(H2,28,30)(H,36,37)/t17-/m0/s1. The van der Waals surface area contributed by atoms with Crippen LogP contribution in [-0.2, 0) is 16.0 Å². The van der Waals surface area contributed by atoms with E-state index in [9.17, 15) is 18.4 Å². The summed E-state index contributed by atoms with van der Waals surface area (Å²) >= 11 is -2.71. The van der Waals surface area contributed by atoms with Crippen LogP contribution in [0.3, 0.4) is 0 Å². The van der Waals surface area contributed by atoms with Gasteiger partial charge in [-0.2, -0.15) is 4.31 Å². The SMILES string of the molecule is C[C@@H]1CN(c2nc(C3=CN(C(=O)OC(C)(C)C)CC3)ccc2C(=O)N(c2cccc(N)n2)S(=O)O)C(C)(C)C1. The molecule has 4 heterocycles. The molecule has 1 unspecified atom stereocenters. The monoisotopic (exact) mass is 556 g/mol. The van der Waals surface area contributed by atoms with Gasteiger partial charge >= 0.3 is 6.09 Å². The zero-order chi connectivity index (χ0) is 28.7. The van der Waals surface area contributed by atoms with Gasteiger partial charge in [-0.1, -0.05) is 13.0 Å². The Kier molecular flexibility index (Phi) is 7.72. The summed E-state index contributed by atoms with van der Waals surface area (Å²) in [5.41, 5.74) is 6.45. The van der Waals surface area contributed by atoms with E-state index in [1.807, 2.05) is 20.8 Å². The number of rotatable bonds is 5. The van der Waals surface area contributed by atoms with Crippen molar-refractivity contribution >= 4 is 46.3 Å². The van der Waals surface area contributed by atoms with E-state index in [2.05, 4.69) is 30.7 Å². The van der Waals surface area contributed by atoms with Gasteiger partial charge in [0.2, 0.25) is 0 Å². The van der Waals surface area contributed by atoms with Crippen LogP contribution >= 0.6 is 0 Å². The van der Waals surface area contributed by atoms with Crippen LogP contribution in [0.5, 0.6) is 0 Å². The second-order valence-corrected chi connectivity index (χ2v) is 12.5. The number of nitrogens with two attached hydrogens (primary N) is 1. The molecule has 39 heavy (non-hydrogen) atoms. The van der Waals surface area contributed by atoms with Gasteiger partial charge in [0.05, 0.1) is 11.3 Å². The lowest BCUT2D eigenvalue weighted by Crippen LogP contribution is -2.41. The van der Waals surface area contributed by atoms with Crippen molar-refractivity contribution < 1.29 is 23.1 Å². The molecular weight excluding hydrogens is 520 g/mol. The molecular formula is C27H36N6O5S. The molecule has 2 atom stereocenters. The maximum atomic E-state index is 13.8. The number of carbonyl (C=O) groups excluding carboxylic acids is 2. The second kappa shape index (κ2) is 10.6. The third kappa shape index (κ3) is 6.22. The minimum absolute atomic E-state index is 0.0450. The molecule has 2 aliphatic rings. The van der Waals surface area contributed by atoms with Crippen LogP contribution in [0.1, 0.15) is 70.4 Å². The molecule has 0 spiro atoms. The first-order valence-electron chi connectivity index (χ1n) is 12.8. The summed E-state index contributed by atoms with van der Waals surface area (Å²) in [6.07, 6.45) is 2.74. The van der Waals surface area contributed by atoms with E-state index in [1.54, 1.807) is 24.4 Å². The maximum Gasteiger partial charge on any atom is 0.414 e. The van der Waals surface area contributed by atoms with E-state index in [1.165, 1.54) is 17.0 Å². The fourth-order valence-electron chi connectivity index (χ4n) is 5.09. The first-order valence-corrected chi connectivity index (χ1v) is 13.9. The molecule has 1 fully saturated rings. The number of nitrogens with zero attached hydrogens (tertiary/aromatic N) is 5. The highest BCUT2D eigenvalue weighted by molar-refractivity contribution is 7.81. The quantitative estimate of drug-likeness (QED) is 0.511. The van der Waals surface area contributed by atoms with Gasteiger partial charge in [0.1, 0.15) is 17.2 Å². The largest absolute Gasteiger partial charge is 0.443 e. The molecule has 2 aliphatic heterocycles. The third-order valence-corrected chi connectivity index (χ3v) is 7.29. The minimum atomic E-state index is -2.71. The van der Waals surface area contributed by atoms with Crippen LogP contribution in [0.15, 0.2) is 36.5 Å². The molecule has 2 aromatic rings. The number of carbonyl (C=O) groups is 2. The Bertz CT molecular complexity index is 1340. The Morgan fingerprint density at radius 1 is 1.21 bits per heavy atom. The molecule has 4 rings (SSSR count). The highest BCUT2D eigenvalue weighted by Crippen LogP contribution is 2.39. The smallest absolute Gasteiger partial charge is 0.414 e. The topological polar surface area (TPSA) is 142 Å². The zero-order valence-corrected chi connectivity index (χ0v) is 24.0. The van der Waals surface area contributed by atoms with E-state index < -0.39 is 28.9 Å². The summed E-state index contributed by atoms with van der Waals surface area (Å²) in [6, 6.07) is 7.83. The molecule has 2 aromatic heterocycles. The lowest BCUT2D eigenvalue weighted by atomic mass is 9.97. The van der Waals surface area contributed by atoms with Crippen LogP contribution < -0.4 is 14.9 Å². The fraction of sp³-hybridized carbons (Fsp3) is 0.481. The zero-order valence-electron chi connectivity index (χ0n) is 23.2. The van der Waals surface area contributed by atoms with Crippen LogP contribution in [-0.4, -0.2) is 59.9 Å². The average Bonchev–Trinajstić information content (AvgIpc) is 3.41. The number of hydrogen-bond donors (Lipinski definition) is 2. The molecule has 1 saturated heterocycles. The molecule has 210 valence electrons. The van der Waals surface area contributed by atoms with Gasteiger partial charge in [-0.3, -0.25) is 14.2 Å². The second-order valence-electron chi connectivity index (χ2n) is 11.6. The van der Waals surface area contributed by atoms with Crippen molar-refractivity contribution in [2.45, 2.75) is 65.5 Å². The number of hydrogen-bond acceptors (Lipinski definition) is 8. The highest BCUT2D eigenvalue weighted by atomic mass is 32.2. The normalized spacial score (nSPS) is 19.6. The lowest BCUT2D eigenvalue weighted by Gasteiger charge is -2.34. The minimum Gasteiger partial charge on any atom is -0.443 e. The summed E-state index contributed by atoms with van der Waals surface area (Å²) in [4.78, 5) is 39.0. The Morgan fingerprint density at radius 2 is 1.92 bits per heavy atom. The van der Waals surface area contributed by atoms with Crippen LogP contribution in [0, 0.1) is 5.92 Å². The maximum absolute atomic E-state index is 13.8. The number of anilines is 3. The molecule has 2 amide bonds.